The predicted molar refractivity (Wildman–Crippen MR) is 80.0 cm³/mol. The molecule has 0 radical (unpaired) electrons. The van der Waals surface area contributed by atoms with Crippen LogP contribution in [-0.2, 0) is 0 Å². The van der Waals surface area contributed by atoms with Crippen LogP contribution in [0, 0.1) is 0 Å². The van der Waals surface area contributed by atoms with Crippen molar-refractivity contribution in [2.75, 3.05) is 6.54 Å². The van der Waals surface area contributed by atoms with Crippen molar-refractivity contribution in [3.05, 3.63) is 65.2 Å². The molecule has 3 aromatic rings. The van der Waals surface area contributed by atoms with E-state index in [1.165, 1.54) is 0 Å². The third-order valence-electron chi connectivity index (χ3n) is 3.29. The van der Waals surface area contributed by atoms with E-state index in [9.17, 15) is 0 Å². The van der Waals surface area contributed by atoms with Crippen LogP contribution in [0.1, 0.15) is 24.1 Å². The number of hydrogen-bond acceptors (Lipinski definition) is 3. The molecule has 5 heteroatoms. The first kappa shape index (κ1) is 13.1. The maximum absolute atomic E-state index is 6.34. The number of fused-ring (bicyclic) bond motifs is 1. The molecule has 3 rings (SSSR count). The van der Waals surface area contributed by atoms with E-state index in [1.54, 1.807) is 6.20 Å². The quantitative estimate of drug-likeness (QED) is 0.801. The lowest BCUT2D eigenvalue weighted by molar-refractivity contribution is 0.634. The Balaban J connectivity index is 2.14. The van der Waals surface area contributed by atoms with Crippen molar-refractivity contribution in [2.24, 2.45) is 0 Å². The minimum atomic E-state index is 0.00963. The van der Waals surface area contributed by atoms with Gasteiger partial charge < -0.3 is 5.32 Å². The Morgan fingerprint density at radius 1 is 1.25 bits per heavy atom. The van der Waals surface area contributed by atoms with Crippen molar-refractivity contribution in [3.8, 4) is 0 Å². The molecule has 0 aliphatic heterocycles. The molecule has 20 heavy (non-hydrogen) atoms. The van der Waals surface area contributed by atoms with Crippen molar-refractivity contribution in [1.82, 2.24) is 19.9 Å². The number of aromatic nitrogens is 3. The Labute approximate surface area is 122 Å². The van der Waals surface area contributed by atoms with E-state index in [-0.39, 0.29) is 6.04 Å². The lowest BCUT2D eigenvalue weighted by Gasteiger charge is -2.18. The molecule has 0 saturated heterocycles. The fourth-order valence-electron chi connectivity index (χ4n) is 2.38. The summed E-state index contributed by atoms with van der Waals surface area (Å²) in [6, 6.07) is 7.89. The number of rotatable bonds is 4. The Hall–Kier alpha value is -1.91. The fraction of sp³-hybridized carbons (Fsp3) is 0.200. The maximum Gasteiger partial charge on any atom is 0.0896 e. The van der Waals surface area contributed by atoms with Crippen molar-refractivity contribution >= 4 is 17.1 Å². The van der Waals surface area contributed by atoms with E-state index in [4.69, 9.17) is 11.6 Å². The lowest BCUT2D eigenvalue weighted by atomic mass is 10.00. The van der Waals surface area contributed by atoms with Crippen molar-refractivity contribution < 1.29 is 0 Å². The maximum atomic E-state index is 6.34. The Kier molecular flexibility index (Phi) is 3.67. The van der Waals surface area contributed by atoms with Crippen molar-refractivity contribution in [2.45, 2.75) is 13.0 Å². The van der Waals surface area contributed by atoms with Gasteiger partial charge in [-0.2, -0.15) is 5.10 Å². The first-order chi connectivity index (χ1) is 9.81. The second kappa shape index (κ2) is 5.61. The zero-order valence-corrected chi connectivity index (χ0v) is 11.9. The third-order valence-corrected chi connectivity index (χ3v) is 3.63. The summed E-state index contributed by atoms with van der Waals surface area (Å²) in [5.74, 6) is 0. The summed E-state index contributed by atoms with van der Waals surface area (Å²) >= 11 is 6.34. The minimum Gasteiger partial charge on any atom is -0.306 e. The second-order valence-corrected chi connectivity index (χ2v) is 4.93. The van der Waals surface area contributed by atoms with E-state index in [2.05, 4.69) is 22.3 Å². The van der Waals surface area contributed by atoms with Gasteiger partial charge in [0.1, 0.15) is 0 Å². The van der Waals surface area contributed by atoms with Crippen LogP contribution in [0.2, 0.25) is 5.02 Å². The van der Waals surface area contributed by atoms with Gasteiger partial charge in [0.15, 0.2) is 0 Å². The summed E-state index contributed by atoms with van der Waals surface area (Å²) in [5, 5.41) is 8.59. The van der Waals surface area contributed by atoms with Gasteiger partial charge in [-0.15, -0.1) is 0 Å². The normalized spacial score (nSPS) is 12.7. The van der Waals surface area contributed by atoms with Gasteiger partial charge >= 0.3 is 0 Å². The molecule has 0 spiro atoms. The first-order valence-corrected chi connectivity index (χ1v) is 6.94. The molecule has 1 atom stereocenters. The van der Waals surface area contributed by atoms with Gasteiger partial charge in [0.25, 0.3) is 0 Å². The SMILES string of the molecule is CCNC(c1ccccc1Cl)c1cnn2ccncc12. The molecule has 0 bridgehead atoms. The van der Waals surface area contributed by atoms with E-state index in [0.717, 1.165) is 28.2 Å². The monoisotopic (exact) mass is 286 g/mol. The molecular weight excluding hydrogens is 272 g/mol. The zero-order valence-electron chi connectivity index (χ0n) is 11.1. The summed E-state index contributed by atoms with van der Waals surface area (Å²) in [5.41, 5.74) is 3.11. The van der Waals surface area contributed by atoms with E-state index in [1.807, 2.05) is 47.4 Å². The van der Waals surface area contributed by atoms with Crippen LogP contribution >= 0.6 is 11.6 Å². The van der Waals surface area contributed by atoms with Gasteiger partial charge in [-0.1, -0.05) is 36.7 Å². The van der Waals surface area contributed by atoms with Gasteiger partial charge in [-0.05, 0) is 18.2 Å². The molecule has 2 aromatic heterocycles. The highest BCUT2D eigenvalue weighted by atomic mass is 35.5. The topological polar surface area (TPSA) is 42.2 Å². The molecule has 0 amide bonds. The van der Waals surface area contributed by atoms with Gasteiger partial charge in [-0.3, -0.25) is 4.98 Å². The molecule has 0 fully saturated rings. The fourth-order valence-corrected chi connectivity index (χ4v) is 2.62. The van der Waals surface area contributed by atoms with Crippen LogP contribution in [0.3, 0.4) is 0 Å². The number of benzene rings is 1. The number of hydrogen-bond donors (Lipinski definition) is 1. The highest BCUT2D eigenvalue weighted by Gasteiger charge is 2.19. The molecule has 0 aliphatic carbocycles. The summed E-state index contributed by atoms with van der Waals surface area (Å²) in [7, 11) is 0. The van der Waals surface area contributed by atoms with Crippen LogP contribution in [-0.4, -0.2) is 21.1 Å². The predicted octanol–water partition coefficient (Wildman–Crippen LogP) is 3.08. The molecule has 2 heterocycles. The lowest BCUT2D eigenvalue weighted by Crippen LogP contribution is -2.22. The van der Waals surface area contributed by atoms with Gasteiger partial charge in [0.2, 0.25) is 0 Å². The largest absolute Gasteiger partial charge is 0.306 e. The van der Waals surface area contributed by atoms with Gasteiger partial charge in [0.05, 0.1) is 24.0 Å². The van der Waals surface area contributed by atoms with Crippen LogP contribution in [0.5, 0.6) is 0 Å². The Morgan fingerprint density at radius 2 is 2.10 bits per heavy atom. The van der Waals surface area contributed by atoms with E-state index >= 15 is 0 Å². The average Bonchev–Trinajstić information content (AvgIpc) is 2.90. The average molecular weight is 287 g/mol. The minimum absolute atomic E-state index is 0.00963. The van der Waals surface area contributed by atoms with Crippen LogP contribution in [0.15, 0.2) is 49.1 Å². The molecule has 0 aliphatic rings. The van der Waals surface area contributed by atoms with Crippen molar-refractivity contribution in [1.29, 1.82) is 0 Å². The molecule has 1 unspecified atom stereocenters. The molecule has 4 nitrogen and oxygen atoms in total. The number of nitrogens with zero attached hydrogens (tertiary/aromatic N) is 3. The summed E-state index contributed by atoms with van der Waals surface area (Å²) < 4.78 is 1.82. The number of nitrogens with one attached hydrogen (secondary N) is 1. The second-order valence-electron chi connectivity index (χ2n) is 4.52. The van der Waals surface area contributed by atoms with Gasteiger partial charge in [-0.25, -0.2) is 4.52 Å². The molecule has 1 aromatic carbocycles. The highest BCUT2D eigenvalue weighted by Crippen LogP contribution is 2.30. The van der Waals surface area contributed by atoms with E-state index < -0.39 is 0 Å². The van der Waals surface area contributed by atoms with Crippen LogP contribution in [0.4, 0.5) is 0 Å². The summed E-state index contributed by atoms with van der Waals surface area (Å²) in [4.78, 5) is 4.18. The highest BCUT2D eigenvalue weighted by molar-refractivity contribution is 6.31. The number of halogens is 1. The third kappa shape index (κ3) is 2.28. The summed E-state index contributed by atoms with van der Waals surface area (Å²) in [6.45, 7) is 2.92. The van der Waals surface area contributed by atoms with Crippen LogP contribution in [0.25, 0.3) is 5.52 Å². The summed E-state index contributed by atoms with van der Waals surface area (Å²) in [6.07, 6.45) is 7.26. The van der Waals surface area contributed by atoms with Gasteiger partial charge in [0, 0.05) is 23.0 Å². The molecule has 1 N–H and O–H groups in total. The first-order valence-electron chi connectivity index (χ1n) is 6.56. The molecule has 0 saturated carbocycles. The Morgan fingerprint density at radius 3 is 2.90 bits per heavy atom. The van der Waals surface area contributed by atoms with Crippen LogP contribution < -0.4 is 5.32 Å². The Bertz CT molecular complexity index is 722. The standard InChI is InChI=1S/C15H15ClN4/c1-2-18-15(11-5-3-4-6-13(11)16)12-9-19-20-8-7-17-10-14(12)20/h3-10,15,18H,2H2,1H3. The van der Waals surface area contributed by atoms with Crippen molar-refractivity contribution in [3.63, 3.8) is 0 Å². The zero-order chi connectivity index (χ0) is 13.9. The molecule has 102 valence electrons. The smallest absolute Gasteiger partial charge is 0.0896 e. The van der Waals surface area contributed by atoms with E-state index in [0.29, 0.717) is 0 Å². The molecular formula is C15H15ClN4.